The van der Waals surface area contributed by atoms with Crippen molar-refractivity contribution in [3.8, 4) is 0 Å². The van der Waals surface area contributed by atoms with E-state index in [2.05, 4.69) is 5.32 Å². The lowest BCUT2D eigenvalue weighted by atomic mass is 10.1. The van der Waals surface area contributed by atoms with Gasteiger partial charge in [-0.1, -0.05) is 19.8 Å². The van der Waals surface area contributed by atoms with Crippen LogP contribution in [0.3, 0.4) is 0 Å². The Hall–Kier alpha value is -0.570. The predicted octanol–water partition coefficient (Wildman–Crippen LogP) is 1.47. The van der Waals surface area contributed by atoms with Gasteiger partial charge < -0.3 is 10.1 Å². The molecule has 1 saturated heterocycles. The first-order valence-corrected chi connectivity index (χ1v) is 5.21. The number of rotatable bonds is 7. The van der Waals surface area contributed by atoms with Crippen LogP contribution in [0.15, 0.2) is 0 Å². The Kier molecular flexibility index (Phi) is 4.83. The fourth-order valence-corrected chi connectivity index (χ4v) is 1.26. The van der Waals surface area contributed by atoms with Gasteiger partial charge in [-0.05, 0) is 12.8 Å². The summed E-state index contributed by atoms with van der Waals surface area (Å²) in [5.41, 5.74) is 0. The van der Waals surface area contributed by atoms with Crippen molar-refractivity contribution in [3.63, 3.8) is 0 Å². The summed E-state index contributed by atoms with van der Waals surface area (Å²) in [6.07, 6.45) is 5.87. The third kappa shape index (κ3) is 5.64. The summed E-state index contributed by atoms with van der Waals surface area (Å²) in [6.45, 7) is 3.67. The molecular formula is C10H19NO2. The van der Waals surface area contributed by atoms with Gasteiger partial charge in [-0.2, -0.15) is 0 Å². The van der Waals surface area contributed by atoms with Gasteiger partial charge in [0.15, 0.2) is 0 Å². The monoisotopic (exact) mass is 185 g/mol. The second-order valence-corrected chi connectivity index (χ2v) is 3.51. The SMILES string of the molecule is CCC(=O)NCCCCCC1CO1. The van der Waals surface area contributed by atoms with Crippen molar-refractivity contribution < 1.29 is 9.53 Å². The van der Waals surface area contributed by atoms with Crippen LogP contribution >= 0.6 is 0 Å². The van der Waals surface area contributed by atoms with Crippen molar-refractivity contribution >= 4 is 5.91 Å². The third-order valence-corrected chi connectivity index (χ3v) is 2.25. The molecule has 0 aliphatic carbocycles. The first-order chi connectivity index (χ1) is 6.33. The van der Waals surface area contributed by atoms with E-state index in [4.69, 9.17) is 4.74 Å². The lowest BCUT2D eigenvalue weighted by Crippen LogP contribution is -2.23. The molecule has 0 spiro atoms. The van der Waals surface area contributed by atoms with Crippen LogP contribution in [-0.2, 0) is 9.53 Å². The van der Waals surface area contributed by atoms with E-state index in [0.717, 1.165) is 19.6 Å². The Morgan fingerprint density at radius 1 is 1.46 bits per heavy atom. The molecule has 1 aliphatic heterocycles. The largest absolute Gasteiger partial charge is 0.373 e. The highest BCUT2D eigenvalue weighted by atomic mass is 16.6. The molecule has 76 valence electrons. The van der Waals surface area contributed by atoms with Crippen LogP contribution in [-0.4, -0.2) is 25.2 Å². The van der Waals surface area contributed by atoms with Crippen LogP contribution in [0.4, 0.5) is 0 Å². The number of ether oxygens (including phenoxy) is 1. The fourth-order valence-electron chi connectivity index (χ4n) is 1.26. The molecule has 1 amide bonds. The van der Waals surface area contributed by atoms with E-state index < -0.39 is 0 Å². The molecule has 1 rings (SSSR count). The van der Waals surface area contributed by atoms with Gasteiger partial charge in [0.05, 0.1) is 12.7 Å². The number of unbranched alkanes of at least 4 members (excludes halogenated alkanes) is 2. The van der Waals surface area contributed by atoms with Crippen molar-refractivity contribution in [2.75, 3.05) is 13.2 Å². The Bertz CT molecular complexity index is 155. The maximum absolute atomic E-state index is 10.8. The second-order valence-electron chi connectivity index (χ2n) is 3.51. The van der Waals surface area contributed by atoms with Crippen molar-refractivity contribution in [1.29, 1.82) is 0 Å². The summed E-state index contributed by atoms with van der Waals surface area (Å²) in [5, 5.41) is 2.87. The molecule has 1 N–H and O–H groups in total. The first-order valence-electron chi connectivity index (χ1n) is 5.21. The quantitative estimate of drug-likeness (QED) is 0.482. The van der Waals surface area contributed by atoms with Gasteiger partial charge in [0, 0.05) is 13.0 Å². The Morgan fingerprint density at radius 3 is 2.85 bits per heavy atom. The average molecular weight is 185 g/mol. The predicted molar refractivity (Wildman–Crippen MR) is 51.5 cm³/mol. The minimum absolute atomic E-state index is 0.158. The number of epoxide rings is 1. The highest BCUT2D eigenvalue weighted by molar-refractivity contribution is 5.75. The number of nitrogens with one attached hydrogen (secondary N) is 1. The number of amides is 1. The summed E-state index contributed by atoms with van der Waals surface area (Å²) < 4.78 is 5.10. The Labute approximate surface area is 79.8 Å². The molecule has 0 aromatic heterocycles. The lowest BCUT2D eigenvalue weighted by Gasteiger charge is -2.02. The molecule has 0 saturated carbocycles. The van der Waals surface area contributed by atoms with E-state index in [1.54, 1.807) is 0 Å². The van der Waals surface area contributed by atoms with E-state index in [-0.39, 0.29) is 5.91 Å². The molecule has 1 fully saturated rings. The molecule has 3 nitrogen and oxygen atoms in total. The van der Waals surface area contributed by atoms with Gasteiger partial charge in [0.2, 0.25) is 5.91 Å². The van der Waals surface area contributed by atoms with Crippen LogP contribution in [0.2, 0.25) is 0 Å². The molecule has 0 bridgehead atoms. The van der Waals surface area contributed by atoms with Crippen molar-refractivity contribution in [3.05, 3.63) is 0 Å². The standard InChI is InChI=1S/C10H19NO2/c1-2-10(12)11-7-5-3-4-6-9-8-13-9/h9H,2-8H2,1H3,(H,11,12). The van der Waals surface area contributed by atoms with E-state index in [0.29, 0.717) is 12.5 Å². The van der Waals surface area contributed by atoms with Crippen LogP contribution in [0.25, 0.3) is 0 Å². The zero-order valence-corrected chi connectivity index (χ0v) is 8.34. The average Bonchev–Trinajstić information content (AvgIpc) is 2.94. The summed E-state index contributed by atoms with van der Waals surface area (Å²) in [5.74, 6) is 0.158. The lowest BCUT2D eigenvalue weighted by molar-refractivity contribution is -0.120. The Morgan fingerprint density at radius 2 is 2.23 bits per heavy atom. The van der Waals surface area contributed by atoms with E-state index in [9.17, 15) is 4.79 Å². The van der Waals surface area contributed by atoms with Crippen molar-refractivity contribution in [2.45, 2.75) is 45.1 Å². The Balaban J connectivity index is 1.75. The number of carbonyl (C=O) groups excluding carboxylic acids is 1. The van der Waals surface area contributed by atoms with Crippen LogP contribution in [0, 0.1) is 0 Å². The molecule has 3 heteroatoms. The van der Waals surface area contributed by atoms with Crippen LogP contribution < -0.4 is 5.32 Å². The normalized spacial score (nSPS) is 19.9. The molecule has 13 heavy (non-hydrogen) atoms. The number of hydrogen-bond acceptors (Lipinski definition) is 2. The number of hydrogen-bond donors (Lipinski definition) is 1. The van der Waals surface area contributed by atoms with Gasteiger partial charge in [0.25, 0.3) is 0 Å². The van der Waals surface area contributed by atoms with Gasteiger partial charge in [-0.3, -0.25) is 4.79 Å². The zero-order valence-electron chi connectivity index (χ0n) is 8.34. The van der Waals surface area contributed by atoms with E-state index >= 15 is 0 Å². The molecule has 1 aliphatic rings. The maximum Gasteiger partial charge on any atom is 0.219 e. The van der Waals surface area contributed by atoms with Crippen LogP contribution in [0.5, 0.6) is 0 Å². The van der Waals surface area contributed by atoms with Gasteiger partial charge in [0.1, 0.15) is 0 Å². The molecular weight excluding hydrogens is 166 g/mol. The molecule has 0 radical (unpaired) electrons. The minimum Gasteiger partial charge on any atom is -0.373 e. The first kappa shape index (κ1) is 10.5. The fraction of sp³-hybridized carbons (Fsp3) is 0.900. The topological polar surface area (TPSA) is 41.6 Å². The summed E-state index contributed by atoms with van der Waals surface area (Å²) in [7, 11) is 0. The highest BCUT2D eigenvalue weighted by Gasteiger charge is 2.20. The molecule has 0 aromatic carbocycles. The molecule has 1 unspecified atom stereocenters. The molecule has 1 heterocycles. The summed E-state index contributed by atoms with van der Waals surface area (Å²) >= 11 is 0. The van der Waals surface area contributed by atoms with Crippen LogP contribution in [0.1, 0.15) is 39.0 Å². The zero-order chi connectivity index (χ0) is 9.52. The molecule has 0 aromatic rings. The maximum atomic E-state index is 10.8. The van der Waals surface area contributed by atoms with Gasteiger partial charge >= 0.3 is 0 Å². The smallest absolute Gasteiger partial charge is 0.219 e. The van der Waals surface area contributed by atoms with Crippen molar-refractivity contribution in [1.82, 2.24) is 5.32 Å². The van der Waals surface area contributed by atoms with E-state index in [1.165, 1.54) is 19.3 Å². The number of carbonyl (C=O) groups is 1. The van der Waals surface area contributed by atoms with Gasteiger partial charge in [-0.15, -0.1) is 0 Å². The second kappa shape index (κ2) is 5.97. The van der Waals surface area contributed by atoms with E-state index in [1.807, 2.05) is 6.92 Å². The van der Waals surface area contributed by atoms with Gasteiger partial charge in [-0.25, -0.2) is 0 Å². The summed E-state index contributed by atoms with van der Waals surface area (Å²) in [4.78, 5) is 10.8. The molecule has 1 atom stereocenters. The minimum atomic E-state index is 0.158. The third-order valence-electron chi connectivity index (χ3n) is 2.25. The highest BCUT2D eigenvalue weighted by Crippen LogP contribution is 2.16. The summed E-state index contributed by atoms with van der Waals surface area (Å²) in [6, 6.07) is 0. The van der Waals surface area contributed by atoms with Crippen molar-refractivity contribution in [2.24, 2.45) is 0 Å².